The van der Waals surface area contributed by atoms with Crippen LogP contribution in [0.1, 0.15) is 63.1 Å². The summed E-state index contributed by atoms with van der Waals surface area (Å²) in [7, 11) is 0. The maximum absolute atomic E-state index is 4.76. The van der Waals surface area contributed by atoms with Crippen LogP contribution in [0.15, 0.2) is 12.3 Å². The molecule has 0 bridgehead atoms. The third kappa shape index (κ3) is 4.01. The van der Waals surface area contributed by atoms with E-state index in [0.29, 0.717) is 6.04 Å². The van der Waals surface area contributed by atoms with Gasteiger partial charge in [0.1, 0.15) is 0 Å². The molecule has 1 saturated heterocycles. The summed E-state index contributed by atoms with van der Waals surface area (Å²) in [5.41, 5.74) is 1.20. The number of hydrogen-bond acceptors (Lipinski definition) is 3. The molecule has 2 aliphatic rings. The summed E-state index contributed by atoms with van der Waals surface area (Å²) < 4.78 is 2.21. The van der Waals surface area contributed by atoms with Crippen LogP contribution in [-0.2, 0) is 6.54 Å². The summed E-state index contributed by atoms with van der Waals surface area (Å²) >= 11 is 2.14. The molecular formula is C16H27N3S. The van der Waals surface area contributed by atoms with Gasteiger partial charge in [0, 0.05) is 24.5 Å². The van der Waals surface area contributed by atoms with E-state index < -0.39 is 0 Å². The molecule has 0 amide bonds. The second kappa shape index (κ2) is 7.51. The molecule has 1 saturated carbocycles. The van der Waals surface area contributed by atoms with Crippen molar-refractivity contribution in [3.05, 3.63) is 18.0 Å². The Morgan fingerprint density at radius 2 is 2.00 bits per heavy atom. The SMILES string of the molecule is c1cn(C2CCCCC2)nc1CNCC1CCCCS1. The predicted octanol–water partition coefficient (Wildman–Crippen LogP) is 3.76. The standard InChI is InChI=1S/C16H27N3S/c1-2-6-15(7-3-1)19-10-9-14(18-19)12-17-13-16-8-4-5-11-20-16/h9-10,15-17H,1-8,11-13H2. The van der Waals surface area contributed by atoms with Crippen LogP contribution in [0.5, 0.6) is 0 Å². The fourth-order valence-electron chi connectivity index (χ4n) is 3.35. The van der Waals surface area contributed by atoms with Crippen molar-refractivity contribution >= 4 is 11.8 Å². The summed E-state index contributed by atoms with van der Waals surface area (Å²) in [4.78, 5) is 0. The zero-order valence-corrected chi connectivity index (χ0v) is 13.2. The Labute approximate surface area is 126 Å². The first-order chi connectivity index (χ1) is 9.92. The van der Waals surface area contributed by atoms with Gasteiger partial charge in [-0.15, -0.1) is 0 Å². The summed E-state index contributed by atoms with van der Waals surface area (Å²) in [6.07, 6.45) is 13.2. The van der Waals surface area contributed by atoms with Crippen LogP contribution < -0.4 is 5.32 Å². The Hall–Kier alpha value is -0.480. The zero-order chi connectivity index (χ0) is 13.6. The number of aromatic nitrogens is 2. The van der Waals surface area contributed by atoms with Crippen molar-refractivity contribution in [2.45, 2.75) is 69.2 Å². The lowest BCUT2D eigenvalue weighted by Gasteiger charge is -2.22. The number of thioether (sulfide) groups is 1. The fourth-order valence-corrected chi connectivity index (χ4v) is 4.62. The van der Waals surface area contributed by atoms with Crippen molar-refractivity contribution < 1.29 is 0 Å². The van der Waals surface area contributed by atoms with Crippen LogP contribution in [0, 0.1) is 0 Å². The van der Waals surface area contributed by atoms with Gasteiger partial charge < -0.3 is 5.32 Å². The van der Waals surface area contributed by atoms with Crippen molar-refractivity contribution in [3.8, 4) is 0 Å². The van der Waals surface area contributed by atoms with Crippen molar-refractivity contribution in [3.63, 3.8) is 0 Å². The molecule has 1 aliphatic carbocycles. The molecular weight excluding hydrogens is 266 g/mol. The molecule has 112 valence electrons. The Kier molecular flexibility index (Phi) is 5.43. The van der Waals surface area contributed by atoms with Gasteiger partial charge in [0.15, 0.2) is 0 Å². The highest BCUT2D eigenvalue weighted by Gasteiger charge is 2.16. The maximum atomic E-state index is 4.76. The second-order valence-corrected chi connectivity index (χ2v) is 7.61. The minimum atomic E-state index is 0.659. The number of nitrogens with one attached hydrogen (secondary N) is 1. The van der Waals surface area contributed by atoms with Crippen LogP contribution in [0.2, 0.25) is 0 Å². The monoisotopic (exact) mass is 293 g/mol. The summed E-state index contributed by atoms with van der Waals surface area (Å²) in [6, 6.07) is 2.85. The van der Waals surface area contributed by atoms with E-state index in [9.17, 15) is 0 Å². The molecule has 2 heterocycles. The molecule has 1 aromatic heterocycles. The molecule has 0 aromatic carbocycles. The van der Waals surface area contributed by atoms with Crippen molar-refractivity contribution in [2.24, 2.45) is 0 Å². The molecule has 3 rings (SSSR count). The topological polar surface area (TPSA) is 29.9 Å². The smallest absolute Gasteiger partial charge is 0.0762 e. The zero-order valence-electron chi connectivity index (χ0n) is 12.4. The maximum Gasteiger partial charge on any atom is 0.0762 e. The minimum Gasteiger partial charge on any atom is -0.310 e. The van der Waals surface area contributed by atoms with Gasteiger partial charge >= 0.3 is 0 Å². The van der Waals surface area contributed by atoms with E-state index in [1.807, 2.05) is 0 Å². The van der Waals surface area contributed by atoms with E-state index in [0.717, 1.165) is 18.3 Å². The molecule has 0 radical (unpaired) electrons. The molecule has 1 aliphatic heterocycles. The average Bonchev–Trinajstić information content (AvgIpc) is 2.98. The molecule has 0 spiro atoms. The Morgan fingerprint density at radius 3 is 2.80 bits per heavy atom. The lowest BCUT2D eigenvalue weighted by molar-refractivity contribution is 0.327. The highest BCUT2D eigenvalue weighted by Crippen LogP contribution is 2.27. The Morgan fingerprint density at radius 1 is 1.15 bits per heavy atom. The summed E-state index contributed by atoms with van der Waals surface area (Å²) in [5, 5.41) is 9.18. The highest BCUT2D eigenvalue weighted by atomic mass is 32.2. The summed E-state index contributed by atoms with van der Waals surface area (Å²) in [5.74, 6) is 1.35. The number of nitrogens with zero attached hydrogens (tertiary/aromatic N) is 2. The van der Waals surface area contributed by atoms with Gasteiger partial charge in [0.05, 0.1) is 11.7 Å². The van der Waals surface area contributed by atoms with Gasteiger partial charge in [0.25, 0.3) is 0 Å². The van der Waals surface area contributed by atoms with Crippen molar-refractivity contribution in [1.29, 1.82) is 0 Å². The fraction of sp³-hybridized carbons (Fsp3) is 0.812. The van der Waals surface area contributed by atoms with Crippen LogP contribution in [-0.4, -0.2) is 27.3 Å². The lowest BCUT2D eigenvalue weighted by Crippen LogP contribution is -2.26. The molecule has 1 aromatic rings. The van der Waals surface area contributed by atoms with Crippen LogP contribution in [0.4, 0.5) is 0 Å². The minimum absolute atomic E-state index is 0.659. The van der Waals surface area contributed by atoms with Gasteiger partial charge in [-0.3, -0.25) is 4.68 Å². The third-order valence-electron chi connectivity index (χ3n) is 4.56. The normalized spacial score (nSPS) is 24.9. The van der Waals surface area contributed by atoms with Crippen molar-refractivity contribution in [2.75, 3.05) is 12.3 Å². The Balaban J connectivity index is 1.42. The first-order valence-electron chi connectivity index (χ1n) is 8.28. The number of rotatable bonds is 5. The molecule has 4 heteroatoms. The molecule has 1 unspecified atom stereocenters. The summed E-state index contributed by atoms with van der Waals surface area (Å²) in [6.45, 7) is 2.07. The largest absolute Gasteiger partial charge is 0.310 e. The van der Waals surface area contributed by atoms with Crippen LogP contribution in [0.25, 0.3) is 0 Å². The van der Waals surface area contributed by atoms with E-state index in [4.69, 9.17) is 5.10 Å². The van der Waals surface area contributed by atoms with E-state index in [-0.39, 0.29) is 0 Å². The Bertz CT molecular complexity index is 392. The third-order valence-corrected chi connectivity index (χ3v) is 5.96. The van der Waals surface area contributed by atoms with Crippen molar-refractivity contribution in [1.82, 2.24) is 15.1 Å². The molecule has 20 heavy (non-hydrogen) atoms. The molecule has 3 nitrogen and oxygen atoms in total. The van der Waals surface area contributed by atoms with E-state index in [2.05, 4.69) is 34.0 Å². The molecule has 1 N–H and O–H groups in total. The van der Waals surface area contributed by atoms with Crippen LogP contribution in [0.3, 0.4) is 0 Å². The first kappa shape index (κ1) is 14.5. The van der Waals surface area contributed by atoms with Gasteiger partial charge in [-0.25, -0.2) is 0 Å². The average molecular weight is 293 g/mol. The highest BCUT2D eigenvalue weighted by molar-refractivity contribution is 7.99. The van der Waals surface area contributed by atoms with Gasteiger partial charge in [-0.05, 0) is 37.5 Å². The van der Waals surface area contributed by atoms with Gasteiger partial charge in [0.2, 0.25) is 0 Å². The van der Waals surface area contributed by atoms with E-state index >= 15 is 0 Å². The molecule has 1 atom stereocenters. The predicted molar refractivity (Wildman–Crippen MR) is 86.2 cm³/mol. The number of hydrogen-bond donors (Lipinski definition) is 1. The second-order valence-electron chi connectivity index (χ2n) is 6.20. The van der Waals surface area contributed by atoms with E-state index in [1.54, 1.807) is 0 Å². The quantitative estimate of drug-likeness (QED) is 0.896. The molecule has 2 fully saturated rings. The van der Waals surface area contributed by atoms with Gasteiger partial charge in [-0.2, -0.15) is 16.9 Å². The lowest BCUT2D eigenvalue weighted by atomic mass is 9.96. The van der Waals surface area contributed by atoms with E-state index in [1.165, 1.54) is 62.8 Å². The first-order valence-corrected chi connectivity index (χ1v) is 9.33. The van der Waals surface area contributed by atoms with Gasteiger partial charge in [-0.1, -0.05) is 25.7 Å². The van der Waals surface area contributed by atoms with Crippen LogP contribution >= 0.6 is 11.8 Å².